The van der Waals surface area contributed by atoms with Gasteiger partial charge in [0.1, 0.15) is 12.7 Å². The Morgan fingerprint density at radius 3 is 2.38 bits per heavy atom. The van der Waals surface area contributed by atoms with Gasteiger partial charge in [0, 0.05) is 35.1 Å². The number of rotatable bonds is 8. The first-order valence-corrected chi connectivity index (χ1v) is 12.8. The van der Waals surface area contributed by atoms with Crippen molar-refractivity contribution in [2.45, 2.75) is 70.6 Å². The summed E-state index contributed by atoms with van der Waals surface area (Å²) in [5, 5.41) is 10.1. The van der Waals surface area contributed by atoms with Gasteiger partial charge in [0.2, 0.25) is 11.7 Å². The number of aliphatic hydroxyl groups is 1. The van der Waals surface area contributed by atoms with Gasteiger partial charge in [0.05, 0.1) is 13.2 Å². The van der Waals surface area contributed by atoms with E-state index in [2.05, 4.69) is 9.97 Å². The number of alkyl halides is 3. The number of benzene rings is 2. The summed E-state index contributed by atoms with van der Waals surface area (Å²) in [6.45, 7) is 5.56. The number of hydrogen-bond acceptors (Lipinski definition) is 6. The van der Waals surface area contributed by atoms with Crippen molar-refractivity contribution in [3.05, 3.63) is 82.3 Å². The number of aryl methyl sites for hydroxylation is 1. The van der Waals surface area contributed by atoms with E-state index in [4.69, 9.17) is 14.2 Å². The Labute approximate surface area is 229 Å². The van der Waals surface area contributed by atoms with Gasteiger partial charge in [-0.25, -0.2) is 9.37 Å². The molecule has 0 aliphatic carbocycles. The SMILES string of the molecule is COc1c([C@H]2[C@H](c3nc(C)c(CC(C)O)c(OCc4ccccc4)n3)O[C@@](C)(C(F)(F)F)[C@H]2C)ccc(F)c1F. The van der Waals surface area contributed by atoms with Crippen molar-refractivity contribution in [3.8, 4) is 11.6 Å². The first-order valence-electron chi connectivity index (χ1n) is 12.8. The number of halogens is 5. The highest BCUT2D eigenvalue weighted by molar-refractivity contribution is 5.42. The maximum absolute atomic E-state index is 14.7. The minimum Gasteiger partial charge on any atom is -0.493 e. The lowest BCUT2D eigenvalue weighted by molar-refractivity contribution is -0.275. The van der Waals surface area contributed by atoms with Gasteiger partial charge < -0.3 is 19.3 Å². The minimum atomic E-state index is -4.81. The molecule has 1 unspecified atom stereocenters. The summed E-state index contributed by atoms with van der Waals surface area (Å²) in [7, 11) is 1.11. The number of methoxy groups -OCH3 is 1. The molecule has 1 saturated heterocycles. The normalized spacial score (nSPS) is 23.7. The molecule has 1 aliphatic heterocycles. The molecule has 2 aromatic carbocycles. The van der Waals surface area contributed by atoms with Crippen LogP contribution in [-0.2, 0) is 17.8 Å². The van der Waals surface area contributed by atoms with Crippen molar-refractivity contribution in [3.63, 3.8) is 0 Å². The van der Waals surface area contributed by atoms with Gasteiger partial charge in [-0.05, 0) is 32.4 Å². The molecule has 4 rings (SSSR count). The fourth-order valence-electron chi connectivity index (χ4n) is 5.13. The number of ether oxygens (including phenoxy) is 3. The monoisotopic (exact) mass is 566 g/mol. The van der Waals surface area contributed by atoms with Crippen molar-refractivity contribution in [1.82, 2.24) is 9.97 Å². The van der Waals surface area contributed by atoms with Crippen LogP contribution in [0.3, 0.4) is 0 Å². The molecule has 5 atom stereocenters. The van der Waals surface area contributed by atoms with Crippen LogP contribution in [0.2, 0.25) is 0 Å². The van der Waals surface area contributed by atoms with E-state index in [9.17, 15) is 27.1 Å². The van der Waals surface area contributed by atoms with Crippen LogP contribution in [0.1, 0.15) is 61.0 Å². The van der Waals surface area contributed by atoms with Gasteiger partial charge in [-0.1, -0.05) is 43.3 Å². The van der Waals surface area contributed by atoms with Gasteiger partial charge in [-0.15, -0.1) is 0 Å². The lowest BCUT2D eigenvalue weighted by Crippen LogP contribution is -2.46. The van der Waals surface area contributed by atoms with Gasteiger partial charge in [-0.2, -0.15) is 22.5 Å². The molecule has 0 spiro atoms. The predicted octanol–water partition coefficient (Wildman–Crippen LogP) is 6.39. The molecule has 3 aromatic rings. The quantitative estimate of drug-likeness (QED) is 0.319. The van der Waals surface area contributed by atoms with Crippen molar-refractivity contribution in [2.24, 2.45) is 5.92 Å². The molecule has 0 amide bonds. The Bertz CT molecular complexity index is 1350. The average Bonchev–Trinajstić information content (AvgIpc) is 3.17. The molecular formula is C29H31F5N2O4. The summed E-state index contributed by atoms with van der Waals surface area (Å²) < 4.78 is 88.8. The predicted molar refractivity (Wildman–Crippen MR) is 136 cm³/mol. The summed E-state index contributed by atoms with van der Waals surface area (Å²) in [6.07, 6.45) is -6.86. The first kappa shape index (κ1) is 29.7. The molecule has 1 fully saturated rings. The smallest absolute Gasteiger partial charge is 0.417 e. The van der Waals surface area contributed by atoms with E-state index in [1.165, 1.54) is 13.0 Å². The van der Waals surface area contributed by atoms with E-state index in [0.717, 1.165) is 25.7 Å². The number of aromatic nitrogens is 2. The molecular weight excluding hydrogens is 535 g/mol. The Hall–Kier alpha value is -3.31. The molecule has 40 heavy (non-hydrogen) atoms. The fourth-order valence-corrected chi connectivity index (χ4v) is 5.13. The second-order valence-corrected chi connectivity index (χ2v) is 10.2. The third kappa shape index (κ3) is 5.49. The Morgan fingerprint density at radius 2 is 1.77 bits per heavy atom. The molecule has 1 aromatic heterocycles. The molecule has 216 valence electrons. The van der Waals surface area contributed by atoms with Crippen molar-refractivity contribution in [1.29, 1.82) is 0 Å². The lowest BCUT2D eigenvalue weighted by Gasteiger charge is -2.32. The van der Waals surface area contributed by atoms with Crippen molar-refractivity contribution < 1.29 is 41.3 Å². The van der Waals surface area contributed by atoms with Crippen LogP contribution in [0.15, 0.2) is 42.5 Å². The maximum atomic E-state index is 14.7. The van der Waals surface area contributed by atoms with E-state index in [-0.39, 0.29) is 30.3 Å². The molecule has 1 N–H and O–H groups in total. The zero-order valence-electron chi connectivity index (χ0n) is 22.7. The Balaban J connectivity index is 1.87. The third-order valence-corrected chi connectivity index (χ3v) is 7.48. The highest BCUT2D eigenvalue weighted by Gasteiger charge is 2.65. The topological polar surface area (TPSA) is 73.7 Å². The molecule has 1 aliphatic rings. The van der Waals surface area contributed by atoms with E-state index >= 15 is 0 Å². The summed E-state index contributed by atoms with van der Waals surface area (Å²) in [4.78, 5) is 8.97. The highest BCUT2D eigenvalue weighted by Crippen LogP contribution is 2.59. The van der Waals surface area contributed by atoms with Gasteiger partial charge in [0.15, 0.2) is 23.0 Å². The number of nitrogens with zero attached hydrogens (tertiary/aromatic N) is 2. The summed E-state index contributed by atoms with van der Waals surface area (Å²) in [6, 6.07) is 11.2. The van der Waals surface area contributed by atoms with Crippen LogP contribution in [0.4, 0.5) is 22.0 Å². The zero-order valence-corrected chi connectivity index (χ0v) is 22.7. The maximum Gasteiger partial charge on any atom is 0.417 e. The summed E-state index contributed by atoms with van der Waals surface area (Å²) in [5.41, 5.74) is -0.988. The molecule has 2 heterocycles. The van der Waals surface area contributed by atoms with Crippen LogP contribution in [-0.4, -0.2) is 40.1 Å². The largest absolute Gasteiger partial charge is 0.493 e. The lowest BCUT2D eigenvalue weighted by atomic mass is 9.77. The van der Waals surface area contributed by atoms with Crippen LogP contribution in [0.5, 0.6) is 11.6 Å². The molecule has 0 radical (unpaired) electrons. The minimum absolute atomic E-state index is 0.00654. The highest BCUT2D eigenvalue weighted by atomic mass is 19.4. The van der Waals surface area contributed by atoms with Crippen LogP contribution >= 0.6 is 0 Å². The van der Waals surface area contributed by atoms with E-state index < -0.39 is 53.2 Å². The molecule has 6 nitrogen and oxygen atoms in total. The van der Waals surface area contributed by atoms with E-state index in [1.807, 2.05) is 30.3 Å². The van der Waals surface area contributed by atoms with Gasteiger partial charge in [0.25, 0.3) is 0 Å². The number of hydrogen-bond donors (Lipinski definition) is 1. The second-order valence-electron chi connectivity index (χ2n) is 10.2. The fraction of sp³-hybridized carbons (Fsp3) is 0.448. The third-order valence-electron chi connectivity index (χ3n) is 7.48. The molecule has 11 heteroatoms. The van der Waals surface area contributed by atoms with E-state index in [0.29, 0.717) is 11.3 Å². The Morgan fingerprint density at radius 1 is 1.10 bits per heavy atom. The standard InChI is InChI=1S/C29H31F5N2O4/c1-15(37)13-20-17(3)35-26(36-27(20)39-14-18-9-7-6-8-10-18)25-22(16(2)28(4,40-25)29(32,33)34)19-11-12-21(30)23(31)24(19)38-5/h6-12,15-16,22,25,37H,13-14H2,1-5H3/t15?,16-,22-,25+,28+/m0/s1. The summed E-state index contributed by atoms with van der Waals surface area (Å²) in [5.74, 6) is -5.51. The van der Waals surface area contributed by atoms with Crippen LogP contribution < -0.4 is 9.47 Å². The van der Waals surface area contributed by atoms with Crippen molar-refractivity contribution >= 4 is 0 Å². The van der Waals surface area contributed by atoms with E-state index in [1.54, 1.807) is 13.8 Å². The van der Waals surface area contributed by atoms with Crippen molar-refractivity contribution in [2.75, 3.05) is 7.11 Å². The summed E-state index contributed by atoms with van der Waals surface area (Å²) >= 11 is 0. The number of aliphatic hydroxyl groups excluding tert-OH is 1. The molecule has 0 bridgehead atoms. The Kier molecular flexibility index (Phi) is 8.37. The zero-order chi connectivity index (χ0) is 29.4. The van der Waals surface area contributed by atoms with Crippen LogP contribution in [0, 0.1) is 24.5 Å². The first-order chi connectivity index (χ1) is 18.8. The average molecular weight is 567 g/mol. The second kappa shape index (κ2) is 11.3. The van der Waals surface area contributed by atoms with Crippen LogP contribution in [0.25, 0.3) is 0 Å². The van der Waals surface area contributed by atoms with Gasteiger partial charge in [-0.3, -0.25) is 0 Å². The molecule has 0 saturated carbocycles. The van der Waals surface area contributed by atoms with Gasteiger partial charge >= 0.3 is 6.18 Å².